The maximum Gasteiger partial charge on any atom is 0.220 e. The summed E-state index contributed by atoms with van der Waals surface area (Å²) in [7, 11) is -2.97. The molecule has 0 radical (unpaired) electrons. The van der Waals surface area contributed by atoms with Crippen molar-refractivity contribution in [3.63, 3.8) is 0 Å². The van der Waals surface area contributed by atoms with Gasteiger partial charge in [0.1, 0.15) is 9.84 Å². The van der Waals surface area contributed by atoms with Crippen molar-refractivity contribution in [2.45, 2.75) is 6.42 Å². The Morgan fingerprint density at radius 2 is 2.08 bits per heavy atom. The van der Waals surface area contributed by atoms with Crippen LogP contribution in [-0.2, 0) is 14.6 Å². The quantitative estimate of drug-likeness (QED) is 0.601. The van der Waals surface area contributed by atoms with Crippen molar-refractivity contribution < 1.29 is 13.2 Å². The zero-order valence-electron chi connectivity index (χ0n) is 6.91. The zero-order valence-corrected chi connectivity index (χ0v) is 8.62. The summed E-state index contributed by atoms with van der Waals surface area (Å²) in [5, 5.41) is 2.47. The van der Waals surface area contributed by atoms with Gasteiger partial charge < -0.3 is 5.32 Å². The molecule has 4 nitrogen and oxygen atoms in total. The number of rotatable bonds is 5. The van der Waals surface area contributed by atoms with Crippen LogP contribution in [0.25, 0.3) is 0 Å². The maximum absolute atomic E-state index is 10.8. The van der Waals surface area contributed by atoms with E-state index in [1.807, 2.05) is 0 Å². The van der Waals surface area contributed by atoms with Crippen LogP contribution in [0, 0.1) is 0 Å². The number of carbonyl (C=O) groups is 1. The Balaban J connectivity index is 3.51. The molecule has 0 aliphatic heterocycles. The van der Waals surface area contributed by atoms with E-state index in [2.05, 4.69) is 17.9 Å². The predicted octanol–water partition coefficient (Wildman–Crippen LogP) is -0.533. The van der Waals surface area contributed by atoms with E-state index >= 15 is 0 Å². The van der Waals surface area contributed by atoms with E-state index in [1.165, 1.54) is 0 Å². The average molecular weight is 211 g/mol. The van der Waals surface area contributed by atoms with Gasteiger partial charge >= 0.3 is 0 Å². The Hall–Kier alpha value is -0.230. The molecule has 72 valence electrons. The lowest BCUT2D eigenvalue weighted by Gasteiger charge is -2.01. The van der Waals surface area contributed by atoms with Crippen LogP contribution in [0.15, 0.2) is 0 Å². The van der Waals surface area contributed by atoms with Crippen molar-refractivity contribution in [2.24, 2.45) is 0 Å². The largest absolute Gasteiger partial charge is 0.355 e. The minimum atomic E-state index is -2.97. The standard InChI is InChI=1S/C6H13NO3S2/c1-12(9,10)5-3-7-6(8)2-4-11/h11H,2-5H2,1H3,(H,7,8). The van der Waals surface area contributed by atoms with E-state index in [9.17, 15) is 13.2 Å². The Labute approximate surface area is 78.1 Å². The Bertz CT molecular complexity index is 235. The molecule has 0 atom stereocenters. The molecule has 1 N–H and O–H groups in total. The fourth-order valence-electron chi connectivity index (χ4n) is 0.566. The maximum atomic E-state index is 10.8. The first-order valence-corrected chi connectivity index (χ1v) is 6.20. The second-order valence-electron chi connectivity index (χ2n) is 2.45. The fourth-order valence-corrected chi connectivity index (χ4v) is 1.24. The molecule has 0 aliphatic rings. The summed E-state index contributed by atoms with van der Waals surface area (Å²) in [6.45, 7) is 0.186. The molecule has 6 heteroatoms. The number of carbonyl (C=O) groups excluding carboxylic acids is 1. The third-order valence-corrected chi connectivity index (χ3v) is 2.30. The van der Waals surface area contributed by atoms with Crippen LogP contribution >= 0.6 is 12.6 Å². The molecule has 0 aromatic rings. The van der Waals surface area contributed by atoms with Crippen LogP contribution in [0.2, 0.25) is 0 Å². The molecule has 0 bridgehead atoms. The van der Waals surface area contributed by atoms with E-state index in [0.717, 1.165) is 6.26 Å². The molecular weight excluding hydrogens is 198 g/mol. The van der Waals surface area contributed by atoms with E-state index in [-0.39, 0.29) is 18.2 Å². The van der Waals surface area contributed by atoms with Crippen molar-refractivity contribution in [3.05, 3.63) is 0 Å². The van der Waals surface area contributed by atoms with Crippen molar-refractivity contribution in [2.75, 3.05) is 24.3 Å². The van der Waals surface area contributed by atoms with E-state index in [0.29, 0.717) is 12.2 Å². The number of hydrogen-bond acceptors (Lipinski definition) is 4. The van der Waals surface area contributed by atoms with Gasteiger partial charge in [0, 0.05) is 19.2 Å². The van der Waals surface area contributed by atoms with Gasteiger partial charge in [0.2, 0.25) is 5.91 Å². The Kier molecular flexibility index (Phi) is 5.32. The third kappa shape index (κ3) is 7.87. The molecule has 0 saturated heterocycles. The smallest absolute Gasteiger partial charge is 0.220 e. The summed E-state index contributed by atoms with van der Waals surface area (Å²) < 4.78 is 21.2. The highest BCUT2D eigenvalue weighted by Crippen LogP contribution is 1.84. The number of amides is 1. The van der Waals surface area contributed by atoms with Crippen molar-refractivity contribution >= 4 is 28.4 Å². The lowest BCUT2D eigenvalue weighted by atomic mass is 10.4. The van der Waals surface area contributed by atoms with Crippen molar-refractivity contribution in [1.29, 1.82) is 0 Å². The number of nitrogens with one attached hydrogen (secondary N) is 1. The topological polar surface area (TPSA) is 63.2 Å². The second-order valence-corrected chi connectivity index (χ2v) is 5.16. The highest BCUT2D eigenvalue weighted by Gasteiger charge is 2.03. The fraction of sp³-hybridized carbons (Fsp3) is 0.833. The summed E-state index contributed by atoms with van der Waals surface area (Å²) in [4.78, 5) is 10.8. The summed E-state index contributed by atoms with van der Waals surface area (Å²) in [5.41, 5.74) is 0. The van der Waals surface area contributed by atoms with Gasteiger partial charge in [-0.1, -0.05) is 0 Å². The molecule has 0 fully saturated rings. The molecule has 0 rings (SSSR count). The Morgan fingerprint density at radius 1 is 1.50 bits per heavy atom. The van der Waals surface area contributed by atoms with E-state index < -0.39 is 9.84 Å². The number of sulfone groups is 1. The normalized spacial score (nSPS) is 11.2. The molecule has 0 spiro atoms. The predicted molar refractivity (Wildman–Crippen MR) is 51.2 cm³/mol. The highest BCUT2D eigenvalue weighted by atomic mass is 32.2. The zero-order chi connectivity index (χ0) is 9.61. The van der Waals surface area contributed by atoms with E-state index in [1.54, 1.807) is 0 Å². The summed E-state index contributed by atoms with van der Waals surface area (Å²) >= 11 is 3.86. The van der Waals surface area contributed by atoms with Crippen LogP contribution < -0.4 is 5.32 Å². The molecule has 0 saturated carbocycles. The first kappa shape index (κ1) is 11.8. The molecule has 0 aliphatic carbocycles. The number of thiol groups is 1. The summed E-state index contributed by atoms with van der Waals surface area (Å²) in [6.07, 6.45) is 1.46. The lowest BCUT2D eigenvalue weighted by molar-refractivity contribution is -0.120. The minimum absolute atomic E-state index is 0.00862. The molecule has 0 heterocycles. The molecule has 1 amide bonds. The van der Waals surface area contributed by atoms with Crippen LogP contribution in [0.5, 0.6) is 0 Å². The summed E-state index contributed by atoms with van der Waals surface area (Å²) in [6, 6.07) is 0. The van der Waals surface area contributed by atoms with Gasteiger partial charge in [-0.05, 0) is 5.75 Å². The van der Waals surface area contributed by atoms with Gasteiger partial charge in [-0.15, -0.1) is 0 Å². The molecule has 0 aromatic heterocycles. The van der Waals surface area contributed by atoms with Gasteiger partial charge in [-0.3, -0.25) is 4.79 Å². The minimum Gasteiger partial charge on any atom is -0.355 e. The summed E-state index contributed by atoms with van der Waals surface area (Å²) in [5.74, 6) is 0.310. The highest BCUT2D eigenvalue weighted by molar-refractivity contribution is 7.90. The monoisotopic (exact) mass is 211 g/mol. The van der Waals surface area contributed by atoms with Crippen LogP contribution in [0.3, 0.4) is 0 Å². The van der Waals surface area contributed by atoms with Crippen molar-refractivity contribution in [3.8, 4) is 0 Å². The van der Waals surface area contributed by atoms with Crippen LogP contribution in [0.1, 0.15) is 6.42 Å². The van der Waals surface area contributed by atoms with Crippen LogP contribution in [-0.4, -0.2) is 38.6 Å². The van der Waals surface area contributed by atoms with Gasteiger partial charge in [0.25, 0.3) is 0 Å². The first-order chi connectivity index (χ1) is 5.45. The van der Waals surface area contributed by atoms with E-state index in [4.69, 9.17) is 0 Å². The van der Waals surface area contributed by atoms with Gasteiger partial charge in [0.05, 0.1) is 5.75 Å². The second kappa shape index (κ2) is 5.42. The average Bonchev–Trinajstić information content (AvgIpc) is 1.84. The lowest BCUT2D eigenvalue weighted by Crippen LogP contribution is -2.28. The Morgan fingerprint density at radius 3 is 2.50 bits per heavy atom. The first-order valence-electron chi connectivity index (χ1n) is 3.51. The SMILES string of the molecule is CS(=O)(=O)CCNC(=O)CCS. The molecule has 0 unspecified atom stereocenters. The van der Waals surface area contributed by atoms with Gasteiger partial charge in [0.15, 0.2) is 0 Å². The van der Waals surface area contributed by atoms with Crippen LogP contribution in [0.4, 0.5) is 0 Å². The van der Waals surface area contributed by atoms with Crippen molar-refractivity contribution in [1.82, 2.24) is 5.32 Å². The molecule has 0 aromatic carbocycles. The number of hydrogen-bond donors (Lipinski definition) is 2. The molecular formula is C6H13NO3S2. The van der Waals surface area contributed by atoms with Gasteiger partial charge in [-0.25, -0.2) is 8.42 Å². The van der Waals surface area contributed by atoms with Gasteiger partial charge in [-0.2, -0.15) is 12.6 Å². The molecule has 12 heavy (non-hydrogen) atoms. The third-order valence-electron chi connectivity index (χ3n) is 1.13.